The predicted molar refractivity (Wildman–Crippen MR) is 90.0 cm³/mol. The Labute approximate surface area is 137 Å². The molecule has 0 spiro atoms. The lowest BCUT2D eigenvalue weighted by atomic mass is 10.1. The van der Waals surface area contributed by atoms with E-state index in [1.807, 2.05) is 31.2 Å². The Morgan fingerprint density at radius 2 is 1.64 bits per heavy atom. The summed E-state index contributed by atoms with van der Waals surface area (Å²) in [5.74, 6) is -1.07. The lowest BCUT2D eigenvalue weighted by Gasteiger charge is -2.07. The molecule has 2 amide bonds. The number of primary amides is 1. The molecular formula is C17H15BrN2O2. The molecular weight excluding hydrogens is 344 g/mol. The zero-order chi connectivity index (χ0) is 16.1. The van der Waals surface area contributed by atoms with Gasteiger partial charge in [-0.3, -0.25) is 9.59 Å². The first-order valence-corrected chi connectivity index (χ1v) is 7.40. The summed E-state index contributed by atoms with van der Waals surface area (Å²) in [6.45, 7) is 1.97. The monoisotopic (exact) mass is 358 g/mol. The van der Waals surface area contributed by atoms with Crippen molar-refractivity contribution in [1.82, 2.24) is 5.32 Å². The standard InChI is InChI=1S/C17H15BrN2O2/c1-11-2-4-12(5-3-11)10-15(16(19)21)20-17(22)13-6-8-14(18)9-7-13/h2-10H,1H3,(H2,19,21)(H,20,22)/b15-10+. The predicted octanol–water partition coefficient (Wildman–Crippen LogP) is 3.01. The summed E-state index contributed by atoms with van der Waals surface area (Å²) < 4.78 is 0.870. The van der Waals surface area contributed by atoms with Crippen molar-refractivity contribution in [2.45, 2.75) is 6.92 Å². The van der Waals surface area contributed by atoms with Crippen LogP contribution in [0, 0.1) is 6.92 Å². The van der Waals surface area contributed by atoms with E-state index < -0.39 is 5.91 Å². The number of carbonyl (C=O) groups excluding carboxylic acids is 2. The van der Waals surface area contributed by atoms with Crippen LogP contribution in [0.4, 0.5) is 0 Å². The Morgan fingerprint density at radius 3 is 2.18 bits per heavy atom. The van der Waals surface area contributed by atoms with Crippen molar-refractivity contribution in [3.05, 3.63) is 75.4 Å². The second-order valence-corrected chi connectivity index (χ2v) is 5.71. The number of aryl methyl sites for hydroxylation is 1. The van der Waals surface area contributed by atoms with Gasteiger partial charge in [0.1, 0.15) is 5.70 Å². The van der Waals surface area contributed by atoms with Gasteiger partial charge < -0.3 is 11.1 Å². The molecule has 0 atom stereocenters. The molecule has 0 aliphatic rings. The highest BCUT2D eigenvalue weighted by Gasteiger charge is 2.11. The van der Waals surface area contributed by atoms with E-state index in [2.05, 4.69) is 21.2 Å². The maximum atomic E-state index is 12.1. The quantitative estimate of drug-likeness (QED) is 0.824. The molecule has 0 unspecified atom stereocenters. The van der Waals surface area contributed by atoms with Crippen molar-refractivity contribution in [2.24, 2.45) is 5.73 Å². The lowest BCUT2D eigenvalue weighted by molar-refractivity contribution is -0.114. The Balaban J connectivity index is 2.21. The van der Waals surface area contributed by atoms with Crippen molar-refractivity contribution in [3.8, 4) is 0 Å². The highest BCUT2D eigenvalue weighted by atomic mass is 79.9. The summed E-state index contributed by atoms with van der Waals surface area (Å²) in [6, 6.07) is 14.4. The van der Waals surface area contributed by atoms with Gasteiger partial charge in [-0.2, -0.15) is 0 Å². The van der Waals surface area contributed by atoms with Crippen molar-refractivity contribution in [1.29, 1.82) is 0 Å². The minimum Gasteiger partial charge on any atom is -0.364 e. The van der Waals surface area contributed by atoms with Crippen LogP contribution < -0.4 is 11.1 Å². The lowest BCUT2D eigenvalue weighted by Crippen LogP contribution is -2.31. The van der Waals surface area contributed by atoms with Crippen molar-refractivity contribution in [2.75, 3.05) is 0 Å². The molecule has 4 nitrogen and oxygen atoms in total. The van der Waals surface area contributed by atoms with Crippen molar-refractivity contribution in [3.63, 3.8) is 0 Å². The third kappa shape index (κ3) is 4.30. The third-order valence-corrected chi connectivity index (χ3v) is 3.54. The molecule has 0 fully saturated rings. The summed E-state index contributed by atoms with van der Waals surface area (Å²) >= 11 is 3.30. The highest BCUT2D eigenvalue weighted by molar-refractivity contribution is 9.10. The number of hydrogen-bond donors (Lipinski definition) is 2. The summed E-state index contributed by atoms with van der Waals surface area (Å²) in [4.78, 5) is 23.7. The summed E-state index contributed by atoms with van der Waals surface area (Å²) in [6.07, 6.45) is 1.55. The van der Waals surface area contributed by atoms with Crippen LogP contribution in [-0.4, -0.2) is 11.8 Å². The van der Waals surface area contributed by atoms with E-state index in [1.54, 1.807) is 30.3 Å². The third-order valence-electron chi connectivity index (χ3n) is 3.01. The molecule has 0 radical (unpaired) electrons. The van der Waals surface area contributed by atoms with Gasteiger partial charge in [-0.05, 0) is 42.8 Å². The van der Waals surface area contributed by atoms with E-state index in [-0.39, 0.29) is 11.6 Å². The first kappa shape index (κ1) is 16.0. The van der Waals surface area contributed by atoms with E-state index in [1.165, 1.54) is 0 Å². The fraction of sp³-hybridized carbons (Fsp3) is 0.0588. The number of carbonyl (C=O) groups is 2. The number of amides is 2. The summed E-state index contributed by atoms with van der Waals surface area (Å²) in [5.41, 5.74) is 7.73. The van der Waals surface area contributed by atoms with E-state index >= 15 is 0 Å². The van der Waals surface area contributed by atoms with Crippen LogP contribution in [0.5, 0.6) is 0 Å². The fourth-order valence-corrected chi connectivity index (χ4v) is 2.06. The minimum atomic E-state index is -0.689. The summed E-state index contributed by atoms with van der Waals surface area (Å²) in [7, 11) is 0. The van der Waals surface area contributed by atoms with Crippen LogP contribution in [-0.2, 0) is 4.79 Å². The number of hydrogen-bond acceptors (Lipinski definition) is 2. The molecule has 0 saturated heterocycles. The van der Waals surface area contributed by atoms with Gasteiger partial charge in [-0.15, -0.1) is 0 Å². The number of nitrogens with one attached hydrogen (secondary N) is 1. The topological polar surface area (TPSA) is 72.2 Å². The largest absolute Gasteiger partial charge is 0.364 e. The molecule has 5 heteroatoms. The SMILES string of the molecule is Cc1ccc(/C=C(/NC(=O)c2ccc(Br)cc2)C(N)=O)cc1. The number of rotatable bonds is 4. The Morgan fingerprint density at radius 1 is 1.05 bits per heavy atom. The average molecular weight is 359 g/mol. The second kappa shape index (κ2) is 7.04. The van der Waals surface area contributed by atoms with Crippen LogP contribution in [0.25, 0.3) is 6.08 Å². The van der Waals surface area contributed by atoms with Crippen LogP contribution in [0.2, 0.25) is 0 Å². The molecule has 112 valence electrons. The maximum absolute atomic E-state index is 12.1. The van der Waals surface area contributed by atoms with E-state index in [0.29, 0.717) is 5.56 Å². The molecule has 0 bridgehead atoms. The Bertz CT molecular complexity index is 719. The second-order valence-electron chi connectivity index (χ2n) is 4.79. The van der Waals surface area contributed by atoms with E-state index in [4.69, 9.17) is 5.73 Å². The van der Waals surface area contributed by atoms with Crippen molar-refractivity contribution >= 4 is 33.8 Å². The maximum Gasteiger partial charge on any atom is 0.265 e. The zero-order valence-corrected chi connectivity index (χ0v) is 13.6. The van der Waals surface area contributed by atoms with Crippen molar-refractivity contribution < 1.29 is 9.59 Å². The van der Waals surface area contributed by atoms with Crippen LogP contribution in [0.15, 0.2) is 58.7 Å². The van der Waals surface area contributed by atoms with Gasteiger partial charge in [-0.25, -0.2) is 0 Å². The first-order valence-electron chi connectivity index (χ1n) is 6.61. The number of halogens is 1. The number of benzene rings is 2. The summed E-state index contributed by atoms with van der Waals surface area (Å²) in [5, 5.41) is 2.55. The van der Waals surface area contributed by atoms with Gasteiger partial charge in [-0.1, -0.05) is 45.8 Å². The Hall–Kier alpha value is -2.40. The first-order chi connectivity index (χ1) is 10.5. The minimum absolute atomic E-state index is 0.0526. The van der Waals surface area contributed by atoms with E-state index in [0.717, 1.165) is 15.6 Å². The van der Waals surface area contributed by atoms with Gasteiger partial charge in [0, 0.05) is 10.0 Å². The van der Waals surface area contributed by atoms with Gasteiger partial charge in [0.2, 0.25) is 0 Å². The van der Waals surface area contributed by atoms with Crippen LogP contribution >= 0.6 is 15.9 Å². The average Bonchev–Trinajstić information content (AvgIpc) is 2.49. The van der Waals surface area contributed by atoms with E-state index in [9.17, 15) is 9.59 Å². The van der Waals surface area contributed by atoms with Crippen LogP contribution in [0.1, 0.15) is 21.5 Å². The highest BCUT2D eigenvalue weighted by Crippen LogP contribution is 2.12. The molecule has 0 aliphatic carbocycles. The van der Waals surface area contributed by atoms with Gasteiger partial charge in [0.15, 0.2) is 0 Å². The molecule has 2 aromatic carbocycles. The van der Waals surface area contributed by atoms with Gasteiger partial charge in [0.25, 0.3) is 11.8 Å². The molecule has 2 rings (SSSR count). The fourth-order valence-electron chi connectivity index (χ4n) is 1.79. The number of nitrogens with two attached hydrogens (primary N) is 1. The smallest absolute Gasteiger partial charge is 0.265 e. The Kier molecular flexibility index (Phi) is 5.12. The van der Waals surface area contributed by atoms with Gasteiger partial charge >= 0.3 is 0 Å². The zero-order valence-electron chi connectivity index (χ0n) is 12.0. The van der Waals surface area contributed by atoms with Gasteiger partial charge in [0.05, 0.1) is 0 Å². The molecule has 22 heavy (non-hydrogen) atoms. The molecule has 0 aliphatic heterocycles. The molecule has 0 aromatic heterocycles. The molecule has 0 saturated carbocycles. The molecule has 0 heterocycles. The molecule has 2 aromatic rings. The van der Waals surface area contributed by atoms with Crippen LogP contribution in [0.3, 0.4) is 0 Å². The molecule has 3 N–H and O–H groups in total. The normalized spacial score (nSPS) is 11.1.